The van der Waals surface area contributed by atoms with Gasteiger partial charge in [0.2, 0.25) is 0 Å². The number of nitrogens with zero attached hydrogens (tertiary/aromatic N) is 1. The van der Waals surface area contributed by atoms with Gasteiger partial charge in [0.05, 0.1) is 19.1 Å². The Balaban J connectivity index is 2.64. The predicted octanol–water partition coefficient (Wildman–Crippen LogP) is 1.54. The molecule has 0 spiro atoms. The first-order valence-corrected chi connectivity index (χ1v) is 6.57. The summed E-state index contributed by atoms with van der Waals surface area (Å²) in [5, 5.41) is 8.96. The molecule has 1 rings (SSSR count). The van der Waals surface area contributed by atoms with Crippen molar-refractivity contribution >= 4 is 11.8 Å². The van der Waals surface area contributed by atoms with E-state index in [0.717, 1.165) is 0 Å². The fourth-order valence-electron chi connectivity index (χ4n) is 1.84. The minimum absolute atomic E-state index is 0.0145. The normalized spacial score (nSPS) is 12.3. The Hall–Kier alpha value is -1.72. The van der Waals surface area contributed by atoms with Crippen LogP contribution in [0.25, 0.3) is 0 Å². The van der Waals surface area contributed by atoms with Gasteiger partial charge in [-0.25, -0.2) is 0 Å². The van der Waals surface area contributed by atoms with E-state index in [-0.39, 0.29) is 12.3 Å². The van der Waals surface area contributed by atoms with Crippen molar-refractivity contribution in [1.29, 1.82) is 0 Å². The molecule has 0 aliphatic carbocycles. The van der Waals surface area contributed by atoms with Crippen LogP contribution in [0.1, 0.15) is 17.3 Å². The van der Waals surface area contributed by atoms with Crippen LogP contribution in [0.3, 0.4) is 0 Å². The number of aliphatic carboxylic acids is 1. The Kier molecular flexibility index (Phi) is 6.90. The van der Waals surface area contributed by atoms with Gasteiger partial charge in [-0.05, 0) is 0 Å². The molecule has 0 bridgehead atoms. The molecule has 0 aromatic heterocycles. The lowest BCUT2D eigenvalue weighted by Gasteiger charge is -2.23. The van der Waals surface area contributed by atoms with E-state index in [1.807, 2.05) is 23.1 Å². The zero-order valence-corrected chi connectivity index (χ0v) is 11.9. The number of Topliss-reactive ketones (excluding diaryl/α,β-unsaturated/α-hetero) is 1. The van der Waals surface area contributed by atoms with Crippen LogP contribution in [0.4, 0.5) is 0 Å². The Morgan fingerprint density at radius 3 is 2.50 bits per heavy atom. The third-order valence-corrected chi connectivity index (χ3v) is 3.03. The van der Waals surface area contributed by atoms with Crippen LogP contribution >= 0.6 is 0 Å². The van der Waals surface area contributed by atoms with Crippen molar-refractivity contribution in [2.75, 3.05) is 33.4 Å². The Labute approximate surface area is 119 Å². The fourth-order valence-corrected chi connectivity index (χ4v) is 1.84. The third kappa shape index (κ3) is 5.50. The second-order valence-corrected chi connectivity index (χ2v) is 4.76. The van der Waals surface area contributed by atoms with Crippen molar-refractivity contribution in [3.05, 3.63) is 35.9 Å². The number of benzene rings is 1. The number of rotatable bonds is 9. The van der Waals surface area contributed by atoms with E-state index >= 15 is 0 Å². The molecule has 0 amide bonds. The molecule has 0 radical (unpaired) electrons. The average Bonchev–Trinajstić information content (AvgIpc) is 2.45. The largest absolute Gasteiger partial charge is 0.481 e. The average molecular weight is 279 g/mol. The van der Waals surface area contributed by atoms with Crippen LogP contribution in [0.5, 0.6) is 0 Å². The number of ketones is 1. The minimum Gasteiger partial charge on any atom is -0.481 e. The van der Waals surface area contributed by atoms with Gasteiger partial charge in [0.25, 0.3) is 0 Å². The highest BCUT2D eigenvalue weighted by molar-refractivity contribution is 5.97. The Morgan fingerprint density at radius 2 is 1.95 bits per heavy atom. The van der Waals surface area contributed by atoms with Gasteiger partial charge >= 0.3 is 5.97 Å². The Bertz CT molecular complexity index is 433. The number of carbonyl (C=O) groups excluding carboxylic acids is 1. The zero-order chi connectivity index (χ0) is 15.0. The van der Waals surface area contributed by atoms with Crippen LogP contribution in [0.15, 0.2) is 30.3 Å². The summed E-state index contributed by atoms with van der Waals surface area (Å²) in [4.78, 5) is 24.9. The summed E-state index contributed by atoms with van der Waals surface area (Å²) in [6, 6.07) is 9.00. The van der Waals surface area contributed by atoms with Gasteiger partial charge in [0.1, 0.15) is 0 Å². The lowest BCUT2D eigenvalue weighted by atomic mass is 10.1. The van der Waals surface area contributed by atoms with Gasteiger partial charge in [-0.1, -0.05) is 37.3 Å². The quantitative estimate of drug-likeness (QED) is 0.694. The van der Waals surface area contributed by atoms with E-state index in [1.165, 1.54) is 0 Å². The van der Waals surface area contributed by atoms with Crippen molar-refractivity contribution in [3.63, 3.8) is 0 Å². The van der Waals surface area contributed by atoms with E-state index in [2.05, 4.69) is 0 Å². The molecular formula is C15H21NO4. The SMILES string of the molecule is COCCN(CC(=O)c1ccccc1)CC(C)C(=O)O. The second kappa shape index (κ2) is 8.45. The monoisotopic (exact) mass is 279 g/mol. The topological polar surface area (TPSA) is 66.8 Å². The fraction of sp³-hybridized carbons (Fsp3) is 0.467. The molecule has 0 aliphatic heterocycles. The molecule has 1 aromatic carbocycles. The smallest absolute Gasteiger partial charge is 0.307 e. The number of methoxy groups -OCH3 is 1. The lowest BCUT2D eigenvalue weighted by Crippen LogP contribution is -2.38. The van der Waals surface area contributed by atoms with E-state index in [9.17, 15) is 9.59 Å². The van der Waals surface area contributed by atoms with Crippen molar-refractivity contribution < 1.29 is 19.4 Å². The first-order chi connectivity index (χ1) is 9.54. The molecule has 0 aliphatic rings. The lowest BCUT2D eigenvalue weighted by molar-refractivity contribution is -0.141. The molecule has 5 heteroatoms. The number of carboxylic acids is 1. The number of hydrogen-bond donors (Lipinski definition) is 1. The Morgan fingerprint density at radius 1 is 1.30 bits per heavy atom. The zero-order valence-electron chi connectivity index (χ0n) is 11.9. The van der Waals surface area contributed by atoms with Gasteiger partial charge in [-0.3, -0.25) is 14.5 Å². The molecule has 1 N–H and O–H groups in total. The van der Waals surface area contributed by atoms with Crippen molar-refractivity contribution in [1.82, 2.24) is 4.90 Å². The van der Waals surface area contributed by atoms with Gasteiger partial charge in [0.15, 0.2) is 5.78 Å². The molecule has 1 atom stereocenters. The predicted molar refractivity (Wildman–Crippen MR) is 75.9 cm³/mol. The molecule has 0 saturated heterocycles. The summed E-state index contributed by atoms with van der Waals surface area (Å²) in [6.45, 7) is 3.17. The van der Waals surface area contributed by atoms with Crippen LogP contribution in [-0.2, 0) is 9.53 Å². The van der Waals surface area contributed by atoms with Gasteiger partial charge < -0.3 is 9.84 Å². The third-order valence-electron chi connectivity index (χ3n) is 3.03. The summed E-state index contributed by atoms with van der Waals surface area (Å²) in [5.74, 6) is -1.39. The van der Waals surface area contributed by atoms with E-state index in [1.54, 1.807) is 26.2 Å². The summed E-state index contributed by atoms with van der Waals surface area (Å²) >= 11 is 0. The number of ether oxygens (including phenoxy) is 1. The first kappa shape index (κ1) is 16.3. The van der Waals surface area contributed by atoms with Crippen LogP contribution < -0.4 is 0 Å². The standard InChI is InChI=1S/C15H21NO4/c1-12(15(18)19)10-16(8-9-20-2)11-14(17)13-6-4-3-5-7-13/h3-7,12H,8-11H2,1-2H3,(H,18,19). The maximum atomic E-state index is 12.1. The summed E-state index contributed by atoms with van der Waals surface area (Å²) in [5.41, 5.74) is 0.637. The summed E-state index contributed by atoms with van der Waals surface area (Å²) in [6.07, 6.45) is 0. The summed E-state index contributed by atoms with van der Waals surface area (Å²) < 4.78 is 5.00. The molecule has 0 heterocycles. The van der Waals surface area contributed by atoms with E-state index < -0.39 is 11.9 Å². The molecule has 0 fully saturated rings. The van der Waals surface area contributed by atoms with Crippen molar-refractivity contribution in [2.45, 2.75) is 6.92 Å². The first-order valence-electron chi connectivity index (χ1n) is 6.57. The van der Waals surface area contributed by atoms with Crippen LogP contribution in [0.2, 0.25) is 0 Å². The number of carboxylic acid groups (broad SMARTS) is 1. The molecular weight excluding hydrogens is 258 g/mol. The highest BCUT2D eigenvalue weighted by Gasteiger charge is 2.18. The van der Waals surface area contributed by atoms with Crippen molar-refractivity contribution in [2.24, 2.45) is 5.92 Å². The van der Waals surface area contributed by atoms with E-state index in [4.69, 9.17) is 9.84 Å². The molecule has 110 valence electrons. The highest BCUT2D eigenvalue weighted by Crippen LogP contribution is 2.05. The number of hydrogen-bond acceptors (Lipinski definition) is 4. The maximum Gasteiger partial charge on any atom is 0.307 e. The minimum atomic E-state index is -0.862. The molecule has 5 nitrogen and oxygen atoms in total. The molecule has 0 saturated carbocycles. The summed E-state index contributed by atoms with van der Waals surface area (Å²) in [7, 11) is 1.58. The highest BCUT2D eigenvalue weighted by atomic mass is 16.5. The van der Waals surface area contributed by atoms with Gasteiger partial charge in [-0.2, -0.15) is 0 Å². The van der Waals surface area contributed by atoms with Gasteiger partial charge in [-0.15, -0.1) is 0 Å². The number of carbonyl (C=O) groups is 2. The maximum absolute atomic E-state index is 12.1. The van der Waals surface area contributed by atoms with Crippen LogP contribution in [-0.4, -0.2) is 55.1 Å². The van der Waals surface area contributed by atoms with Crippen LogP contribution in [0, 0.1) is 5.92 Å². The van der Waals surface area contributed by atoms with E-state index in [0.29, 0.717) is 25.3 Å². The molecule has 20 heavy (non-hydrogen) atoms. The molecule has 1 aromatic rings. The second-order valence-electron chi connectivity index (χ2n) is 4.76. The van der Waals surface area contributed by atoms with Gasteiger partial charge in [0, 0.05) is 25.8 Å². The molecule has 1 unspecified atom stereocenters. The van der Waals surface area contributed by atoms with Crippen molar-refractivity contribution in [3.8, 4) is 0 Å².